The van der Waals surface area contributed by atoms with E-state index in [1.807, 2.05) is 51.1 Å². The topological polar surface area (TPSA) is 50.4 Å². The van der Waals surface area contributed by atoms with Gasteiger partial charge in [-0.1, -0.05) is 29.3 Å². The first-order chi connectivity index (χ1) is 11.0. The molecule has 0 saturated carbocycles. The molecule has 2 rings (SSSR count). The average molecular weight is 333 g/mol. The highest BCUT2D eigenvalue weighted by Gasteiger charge is 2.04. The maximum atomic E-state index is 11.9. The van der Waals surface area contributed by atoms with Gasteiger partial charge in [-0.25, -0.2) is 4.79 Å². The predicted molar refractivity (Wildman–Crippen MR) is 94.6 cm³/mol. The smallest absolute Gasteiger partial charge is 0.319 e. The Hall–Kier alpha value is -2.20. The normalized spacial score (nSPS) is 10.3. The molecule has 23 heavy (non-hydrogen) atoms. The number of nitrogens with one attached hydrogen (secondary N) is 2. The standard InChI is InChI=1S/C18H21ClN2O2/c1-12-4-7-17(14(3)10-12)21-18(22)20-8-9-23-15-5-6-16(19)13(2)11-15/h4-7,10-11H,8-9H2,1-3H3,(H2,20,21,22). The van der Waals surface area contributed by atoms with Crippen molar-refractivity contribution in [3.63, 3.8) is 0 Å². The molecule has 0 aliphatic rings. The molecule has 4 nitrogen and oxygen atoms in total. The fourth-order valence-corrected chi connectivity index (χ4v) is 2.28. The quantitative estimate of drug-likeness (QED) is 0.794. The van der Waals surface area contributed by atoms with E-state index in [1.54, 1.807) is 6.07 Å². The molecule has 0 bridgehead atoms. The lowest BCUT2D eigenvalue weighted by molar-refractivity contribution is 0.247. The summed E-state index contributed by atoms with van der Waals surface area (Å²) < 4.78 is 5.58. The number of amides is 2. The summed E-state index contributed by atoms with van der Waals surface area (Å²) in [6.07, 6.45) is 0. The molecule has 0 atom stereocenters. The SMILES string of the molecule is Cc1ccc(NC(=O)NCCOc2ccc(Cl)c(C)c2)c(C)c1. The molecule has 2 amide bonds. The van der Waals surface area contributed by atoms with E-state index in [4.69, 9.17) is 16.3 Å². The van der Waals surface area contributed by atoms with Crippen LogP contribution in [0.1, 0.15) is 16.7 Å². The molecule has 122 valence electrons. The molecule has 5 heteroatoms. The number of urea groups is 1. The molecule has 0 heterocycles. The van der Waals surface area contributed by atoms with Gasteiger partial charge in [0.15, 0.2) is 0 Å². The molecular formula is C18H21ClN2O2. The van der Waals surface area contributed by atoms with Crippen LogP contribution >= 0.6 is 11.6 Å². The molecule has 2 aromatic rings. The van der Waals surface area contributed by atoms with Crippen molar-refractivity contribution in [2.45, 2.75) is 20.8 Å². The Balaban J connectivity index is 1.75. The summed E-state index contributed by atoms with van der Waals surface area (Å²) in [6.45, 7) is 6.71. The molecule has 0 aliphatic heterocycles. The number of rotatable bonds is 5. The number of aryl methyl sites for hydroxylation is 3. The van der Waals surface area contributed by atoms with Gasteiger partial charge in [-0.05, 0) is 56.2 Å². The number of hydrogen-bond acceptors (Lipinski definition) is 2. The van der Waals surface area contributed by atoms with Gasteiger partial charge in [0.1, 0.15) is 12.4 Å². The van der Waals surface area contributed by atoms with Gasteiger partial charge in [0.25, 0.3) is 0 Å². The van der Waals surface area contributed by atoms with Gasteiger partial charge in [0, 0.05) is 10.7 Å². The van der Waals surface area contributed by atoms with Gasteiger partial charge in [-0.2, -0.15) is 0 Å². The van der Waals surface area contributed by atoms with Crippen LogP contribution in [0.2, 0.25) is 5.02 Å². The number of halogens is 1. The van der Waals surface area contributed by atoms with Crippen LogP contribution < -0.4 is 15.4 Å². The fourth-order valence-electron chi connectivity index (χ4n) is 2.16. The average Bonchev–Trinajstić information content (AvgIpc) is 2.50. The maximum Gasteiger partial charge on any atom is 0.319 e. The van der Waals surface area contributed by atoms with Crippen molar-refractivity contribution in [2.24, 2.45) is 0 Å². The highest BCUT2D eigenvalue weighted by atomic mass is 35.5. The number of carbonyl (C=O) groups excluding carboxylic acids is 1. The first kappa shape index (κ1) is 17.2. The number of hydrogen-bond donors (Lipinski definition) is 2. The summed E-state index contributed by atoms with van der Waals surface area (Å²) in [7, 11) is 0. The summed E-state index contributed by atoms with van der Waals surface area (Å²) in [5.41, 5.74) is 3.97. The minimum absolute atomic E-state index is 0.243. The van der Waals surface area contributed by atoms with Crippen molar-refractivity contribution < 1.29 is 9.53 Å². The van der Waals surface area contributed by atoms with Crippen molar-refractivity contribution in [1.82, 2.24) is 5.32 Å². The van der Waals surface area contributed by atoms with Crippen LogP contribution in [0, 0.1) is 20.8 Å². The molecule has 0 aromatic heterocycles. The number of benzene rings is 2. The second-order valence-corrected chi connectivity index (χ2v) is 5.87. The van der Waals surface area contributed by atoms with Crippen LogP contribution in [0.15, 0.2) is 36.4 Å². The van der Waals surface area contributed by atoms with E-state index in [-0.39, 0.29) is 6.03 Å². The second kappa shape index (κ2) is 7.88. The number of anilines is 1. The number of ether oxygens (including phenoxy) is 1. The van der Waals surface area contributed by atoms with Gasteiger partial charge in [0.2, 0.25) is 0 Å². The van der Waals surface area contributed by atoms with E-state index in [9.17, 15) is 4.79 Å². The molecular weight excluding hydrogens is 312 g/mol. The molecule has 0 unspecified atom stereocenters. The fraction of sp³-hybridized carbons (Fsp3) is 0.278. The minimum atomic E-state index is -0.243. The van der Waals surface area contributed by atoms with E-state index in [1.165, 1.54) is 5.56 Å². The summed E-state index contributed by atoms with van der Waals surface area (Å²) in [5, 5.41) is 6.31. The molecule has 0 aliphatic carbocycles. The highest BCUT2D eigenvalue weighted by molar-refractivity contribution is 6.31. The number of carbonyl (C=O) groups is 1. The van der Waals surface area contributed by atoms with Gasteiger partial charge in [-0.3, -0.25) is 0 Å². The zero-order valence-electron chi connectivity index (χ0n) is 13.6. The Bertz CT molecular complexity index is 701. The van der Waals surface area contributed by atoms with Crippen LogP contribution in [0.3, 0.4) is 0 Å². The van der Waals surface area contributed by atoms with Crippen molar-refractivity contribution in [3.05, 3.63) is 58.1 Å². The van der Waals surface area contributed by atoms with Crippen LogP contribution in [-0.2, 0) is 0 Å². The van der Waals surface area contributed by atoms with E-state index in [2.05, 4.69) is 10.6 Å². The Kier molecular flexibility index (Phi) is 5.88. The maximum absolute atomic E-state index is 11.9. The van der Waals surface area contributed by atoms with Crippen molar-refractivity contribution >= 4 is 23.3 Å². The summed E-state index contributed by atoms with van der Waals surface area (Å²) in [6, 6.07) is 11.1. The van der Waals surface area contributed by atoms with Crippen molar-refractivity contribution in [3.8, 4) is 5.75 Å². The molecule has 0 fully saturated rings. The third kappa shape index (κ3) is 5.18. The monoisotopic (exact) mass is 332 g/mol. The lowest BCUT2D eigenvalue weighted by Crippen LogP contribution is -2.32. The molecule has 0 spiro atoms. The lowest BCUT2D eigenvalue weighted by atomic mass is 10.1. The molecule has 0 saturated heterocycles. The third-order valence-electron chi connectivity index (χ3n) is 3.42. The van der Waals surface area contributed by atoms with Crippen LogP contribution in [-0.4, -0.2) is 19.2 Å². The zero-order valence-corrected chi connectivity index (χ0v) is 14.3. The Morgan fingerprint density at radius 1 is 1.09 bits per heavy atom. The predicted octanol–water partition coefficient (Wildman–Crippen LogP) is 4.47. The highest BCUT2D eigenvalue weighted by Crippen LogP contribution is 2.20. The first-order valence-corrected chi connectivity index (χ1v) is 7.84. The largest absolute Gasteiger partial charge is 0.492 e. The Morgan fingerprint density at radius 3 is 2.57 bits per heavy atom. The van der Waals surface area contributed by atoms with Crippen LogP contribution in [0.5, 0.6) is 5.75 Å². The van der Waals surface area contributed by atoms with E-state index < -0.39 is 0 Å². The van der Waals surface area contributed by atoms with Gasteiger partial charge >= 0.3 is 6.03 Å². The van der Waals surface area contributed by atoms with E-state index >= 15 is 0 Å². The Morgan fingerprint density at radius 2 is 1.87 bits per heavy atom. The summed E-state index contributed by atoms with van der Waals surface area (Å²) in [4.78, 5) is 11.9. The van der Waals surface area contributed by atoms with Crippen LogP contribution in [0.4, 0.5) is 10.5 Å². The van der Waals surface area contributed by atoms with E-state index in [0.29, 0.717) is 18.2 Å². The second-order valence-electron chi connectivity index (χ2n) is 5.46. The van der Waals surface area contributed by atoms with Gasteiger partial charge < -0.3 is 15.4 Å². The first-order valence-electron chi connectivity index (χ1n) is 7.47. The molecule has 2 N–H and O–H groups in total. The van der Waals surface area contributed by atoms with Crippen molar-refractivity contribution in [2.75, 3.05) is 18.5 Å². The van der Waals surface area contributed by atoms with E-state index in [0.717, 1.165) is 22.6 Å². The van der Waals surface area contributed by atoms with Gasteiger partial charge in [0.05, 0.1) is 6.54 Å². The van der Waals surface area contributed by atoms with Crippen molar-refractivity contribution in [1.29, 1.82) is 0 Å². The zero-order chi connectivity index (χ0) is 16.8. The Labute approximate surface area is 141 Å². The van der Waals surface area contributed by atoms with Crippen LogP contribution in [0.25, 0.3) is 0 Å². The lowest BCUT2D eigenvalue weighted by Gasteiger charge is -2.11. The molecule has 0 radical (unpaired) electrons. The summed E-state index contributed by atoms with van der Waals surface area (Å²) in [5.74, 6) is 0.739. The van der Waals surface area contributed by atoms with Gasteiger partial charge in [-0.15, -0.1) is 0 Å². The minimum Gasteiger partial charge on any atom is -0.492 e. The third-order valence-corrected chi connectivity index (χ3v) is 3.84. The molecule has 2 aromatic carbocycles. The summed E-state index contributed by atoms with van der Waals surface area (Å²) >= 11 is 5.96.